The number of benzene rings is 1. The lowest BCUT2D eigenvalue weighted by Crippen LogP contribution is -2.15. The van der Waals surface area contributed by atoms with Gasteiger partial charge >= 0.3 is 5.97 Å². The normalized spacial score (nSPS) is 12.2. The van der Waals surface area contributed by atoms with Crippen LogP contribution in [0.2, 0.25) is 0 Å². The Labute approximate surface area is 110 Å². The number of carboxylic acid groups (broad SMARTS) is 1. The largest absolute Gasteiger partial charge is 0.478 e. The fourth-order valence-corrected chi connectivity index (χ4v) is 2.22. The van der Waals surface area contributed by atoms with Gasteiger partial charge in [-0.05, 0) is 30.1 Å². The number of nitrogen functional groups attached to an aromatic ring is 1. The van der Waals surface area contributed by atoms with Gasteiger partial charge in [0.1, 0.15) is 5.82 Å². The first-order valence-corrected chi connectivity index (χ1v) is 6.90. The standard InChI is InChI=1S/C12H17FN2O2S/c1-7(6-18-2)5-15-11-3-8(12(16)17)10(14)4-9(11)13/h3-4,7,15H,5-6,14H2,1-2H3,(H,16,17). The summed E-state index contributed by atoms with van der Waals surface area (Å²) in [5.41, 5.74) is 5.46. The van der Waals surface area contributed by atoms with Crippen LogP contribution in [-0.2, 0) is 0 Å². The Morgan fingerprint density at radius 1 is 1.61 bits per heavy atom. The average molecular weight is 272 g/mol. The molecule has 4 nitrogen and oxygen atoms in total. The summed E-state index contributed by atoms with van der Waals surface area (Å²) in [6, 6.07) is 2.27. The Hall–Kier alpha value is -1.43. The van der Waals surface area contributed by atoms with Crippen molar-refractivity contribution in [2.24, 2.45) is 5.92 Å². The summed E-state index contributed by atoms with van der Waals surface area (Å²) >= 11 is 1.71. The third-order valence-electron chi connectivity index (χ3n) is 2.46. The van der Waals surface area contributed by atoms with E-state index in [1.54, 1.807) is 11.8 Å². The molecule has 0 fully saturated rings. The van der Waals surface area contributed by atoms with E-state index in [2.05, 4.69) is 5.32 Å². The number of nitrogens with two attached hydrogens (primary N) is 1. The number of thioether (sulfide) groups is 1. The highest BCUT2D eigenvalue weighted by atomic mass is 32.2. The van der Waals surface area contributed by atoms with E-state index in [1.165, 1.54) is 6.07 Å². The van der Waals surface area contributed by atoms with Gasteiger partial charge in [-0.15, -0.1) is 0 Å². The molecule has 1 rings (SSSR count). The van der Waals surface area contributed by atoms with Crippen LogP contribution >= 0.6 is 11.8 Å². The zero-order valence-electron chi connectivity index (χ0n) is 10.4. The summed E-state index contributed by atoms with van der Waals surface area (Å²) in [5.74, 6) is -0.373. The van der Waals surface area contributed by atoms with E-state index in [-0.39, 0.29) is 16.9 Å². The highest BCUT2D eigenvalue weighted by Gasteiger charge is 2.13. The number of halogens is 1. The second-order valence-electron chi connectivity index (χ2n) is 4.17. The van der Waals surface area contributed by atoms with Crippen molar-refractivity contribution < 1.29 is 14.3 Å². The minimum absolute atomic E-state index is 0.0669. The van der Waals surface area contributed by atoms with Crippen molar-refractivity contribution in [3.05, 3.63) is 23.5 Å². The van der Waals surface area contributed by atoms with Gasteiger partial charge in [-0.25, -0.2) is 9.18 Å². The van der Waals surface area contributed by atoms with E-state index in [1.807, 2.05) is 13.2 Å². The molecule has 0 spiro atoms. The second-order valence-corrected chi connectivity index (χ2v) is 5.08. The van der Waals surface area contributed by atoms with Crippen LogP contribution in [-0.4, -0.2) is 29.6 Å². The molecule has 0 aromatic heterocycles. The number of nitrogens with one attached hydrogen (secondary N) is 1. The molecule has 0 aliphatic rings. The van der Waals surface area contributed by atoms with Crippen molar-refractivity contribution in [2.45, 2.75) is 6.92 Å². The molecule has 1 aromatic rings. The minimum atomic E-state index is -1.16. The summed E-state index contributed by atoms with van der Waals surface area (Å²) < 4.78 is 13.6. The molecule has 6 heteroatoms. The summed E-state index contributed by atoms with van der Waals surface area (Å²) in [6.07, 6.45) is 2.00. The molecule has 0 amide bonds. The molecule has 1 aromatic carbocycles. The van der Waals surface area contributed by atoms with Crippen molar-refractivity contribution in [1.82, 2.24) is 0 Å². The van der Waals surface area contributed by atoms with Crippen molar-refractivity contribution in [2.75, 3.05) is 29.6 Å². The maximum atomic E-state index is 13.6. The number of aromatic carboxylic acids is 1. The van der Waals surface area contributed by atoms with Crippen LogP contribution in [0.5, 0.6) is 0 Å². The number of anilines is 2. The zero-order chi connectivity index (χ0) is 13.7. The first kappa shape index (κ1) is 14.6. The molecule has 0 aliphatic heterocycles. The molecule has 0 saturated carbocycles. The Balaban J connectivity index is 2.82. The predicted molar refractivity (Wildman–Crippen MR) is 73.8 cm³/mol. The molecule has 1 atom stereocenters. The third kappa shape index (κ3) is 3.80. The molecular weight excluding hydrogens is 255 g/mol. The maximum Gasteiger partial charge on any atom is 0.337 e. The molecule has 0 radical (unpaired) electrons. The summed E-state index contributed by atoms with van der Waals surface area (Å²) in [4.78, 5) is 10.9. The lowest BCUT2D eigenvalue weighted by Gasteiger charge is -2.14. The van der Waals surface area contributed by atoms with Crippen LogP contribution in [0.3, 0.4) is 0 Å². The molecule has 18 heavy (non-hydrogen) atoms. The van der Waals surface area contributed by atoms with Crippen LogP contribution in [0.1, 0.15) is 17.3 Å². The van der Waals surface area contributed by atoms with Gasteiger partial charge in [-0.1, -0.05) is 6.92 Å². The third-order valence-corrected chi connectivity index (χ3v) is 3.36. The molecule has 0 heterocycles. The van der Waals surface area contributed by atoms with E-state index >= 15 is 0 Å². The number of carbonyl (C=O) groups is 1. The number of hydrogen-bond acceptors (Lipinski definition) is 4. The van der Waals surface area contributed by atoms with Gasteiger partial charge in [0.2, 0.25) is 0 Å². The zero-order valence-corrected chi connectivity index (χ0v) is 11.2. The van der Waals surface area contributed by atoms with Gasteiger partial charge in [-0.3, -0.25) is 0 Å². The monoisotopic (exact) mass is 272 g/mol. The Morgan fingerprint density at radius 2 is 2.28 bits per heavy atom. The maximum absolute atomic E-state index is 13.6. The summed E-state index contributed by atoms with van der Waals surface area (Å²) in [5, 5.41) is 11.8. The lowest BCUT2D eigenvalue weighted by atomic mass is 10.1. The predicted octanol–water partition coefficient (Wildman–Crippen LogP) is 2.52. The van der Waals surface area contributed by atoms with Gasteiger partial charge in [0, 0.05) is 12.2 Å². The Bertz CT molecular complexity index is 440. The van der Waals surface area contributed by atoms with Crippen molar-refractivity contribution in [3.63, 3.8) is 0 Å². The van der Waals surface area contributed by atoms with E-state index in [9.17, 15) is 9.18 Å². The van der Waals surface area contributed by atoms with E-state index in [0.717, 1.165) is 11.8 Å². The quantitative estimate of drug-likeness (QED) is 0.694. The van der Waals surface area contributed by atoms with Gasteiger partial charge in [0.05, 0.1) is 11.3 Å². The van der Waals surface area contributed by atoms with Gasteiger partial charge in [0.25, 0.3) is 0 Å². The topological polar surface area (TPSA) is 75.3 Å². The first-order valence-electron chi connectivity index (χ1n) is 5.50. The number of hydrogen-bond donors (Lipinski definition) is 3. The molecule has 100 valence electrons. The summed E-state index contributed by atoms with van der Waals surface area (Å²) in [7, 11) is 0. The number of carboxylic acids is 1. The molecule has 4 N–H and O–H groups in total. The smallest absolute Gasteiger partial charge is 0.337 e. The second kappa shape index (κ2) is 6.49. The molecule has 0 aliphatic carbocycles. The molecule has 0 bridgehead atoms. The van der Waals surface area contributed by atoms with Crippen LogP contribution in [0, 0.1) is 11.7 Å². The molecule has 1 unspecified atom stereocenters. The van der Waals surface area contributed by atoms with E-state index in [0.29, 0.717) is 12.5 Å². The fourth-order valence-electron chi connectivity index (χ4n) is 1.54. The van der Waals surface area contributed by atoms with Crippen molar-refractivity contribution in [1.29, 1.82) is 0 Å². The first-order chi connectivity index (χ1) is 8.45. The van der Waals surface area contributed by atoms with E-state index < -0.39 is 11.8 Å². The highest BCUT2D eigenvalue weighted by Crippen LogP contribution is 2.22. The van der Waals surface area contributed by atoms with Crippen LogP contribution in [0.15, 0.2) is 12.1 Å². The van der Waals surface area contributed by atoms with Crippen molar-refractivity contribution in [3.8, 4) is 0 Å². The SMILES string of the molecule is CSCC(C)CNc1cc(C(=O)O)c(N)cc1F. The van der Waals surface area contributed by atoms with Crippen LogP contribution in [0.25, 0.3) is 0 Å². The van der Waals surface area contributed by atoms with Crippen LogP contribution < -0.4 is 11.1 Å². The Morgan fingerprint density at radius 3 is 2.83 bits per heavy atom. The van der Waals surface area contributed by atoms with Gasteiger partial charge in [0.15, 0.2) is 0 Å². The highest BCUT2D eigenvalue weighted by molar-refractivity contribution is 7.98. The van der Waals surface area contributed by atoms with E-state index in [4.69, 9.17) is 10.8 Å². The molecular formula is C12H17FN2O2S. The Kier molecular flexibility index (Phi) is 5.27. The minimum Gasteiger partial charge on any atom is -0.478 e. The van der Waals surface area contributed by atoms with Gasteiger partial charge in [-0.2, -0.15) is 11.8 Å². The average Bonchev–Trinajstić information content (AvgIpc) is 2.27. The summed E-state index contributed by atoms with van der Waals surface area (Å²) in [6.45, 7) is 2.62. The number of rotatable bonds is 6. The molecule has 0 saturated heterocycles. The fraction of sp³-hybridized carbons (Fsp3) is 0.417. The van der Waals surface area contributed by atoms with Crippen LogP contribution in [0.4, 0.5) is 15.8 Å². The van der Waals surface area contributed by atoms with Gasteiger partial charge < -0.3 is 16.2 Å². The van der Waals surface area contributed by atoms with Crippen molar-refractivity contribution >= 4 is 29.1 Å². The lowest BCUT2D eigenvalue weighted by molar-refractivity contribution is 0.0698.